The zero-order chi connectivity index (χ0) is 36.0. The summed E-state index contributed by atoms with van der Waals surface area (Å²) in [5.41, 5.74) is 3.38. The van der Waals surface area contributed by atoms with Gasteiger partial charge in [-0.25, -0.2) is 4.79 Å². The Hall–Kier alpha value is -4.40. The van der Waals surface area contributed by atoms with Crippen LogP contribution in [0, 0.1) is 25.2 Å². The van der Waals surface area contributed by atoms with E-state index < -0.39 is 72.1 Å². The average Bonchev–Trinajstić information content (AvgIpc) is 3.54. The third-order valence-electron chi connectivity index (χ3n) is 10.2. The van der Waals surface area contributed by atoms with Crippen molar-refractivity contribution >= 4 is 29.6 Å². The van der Waals surface area contributed by atoms with Gasteiger partial charge in [-0.05, 0) is 38.4 Å². The number of piperazine rings is 1. The van der Waals surface area contributed by atoms with E-state index in [0.29, 0.717) is 45.7 Å². The molecular weight excluding hydrogens is 685 g/mol. The van der Waals surface area contributed by atoms with Crippen LogP contribution >= 0.6 is 11.8 Å². The van der Waals surface area contributed by atoms with Gasteiger partial charge in [0.05, 0.1) is 30.5 Å². The summed E-state index contributed by atoms with van der Waals surface area (Å²) < 4.78 is 69.2. The summed E-state index contributed by atoms with van der Waals surface area (Å²) >= 11 is 1.04. The first-order chi connectivity index (χ1) is 23.7. The zero-order valence-corrected chi connectivity index (χ0v) is 28.4. The molecule has 1 amide bonds. The second-order valence-corrected chi connectivity index (χ2v) is 14.1. The number of amides is 1. The monoisotopic (exact) mass is 718 g/mol. The zero-order valence-electron chi connectivity index (χ0n) is 27.5. The number of fused-ring (bicyclic) bond motifs is 9. The first-order valence-corrected chi connectivity index (χ1v) is 16.8. The van der Waals surface area contributed by atoms with E-state index in [2.05, 4.69) is 6.07 Å². The number of likely N-dealkylation sites (N-methyl/N-ethyl adjacent to an activating group) is 1. The van der Waals surface area contributed by atoms with Gasteiger partial charge in [0.2, 0.25) is 6.79 Å². The first kappa shape index (κ1) is 34.1. The normalized spacial score (nSPS) is 28.4. The number of methoxy groups -OCH3 is 1. The molecule has 0 saturated carbocycles. The van der Waals surface area contributed by atoms with Crippen LogP contribution in [-0.2, 0) is 25.5 Å². The van der Waals surface area contributed by atoms with E-state index in [4.69, 9.17) is 23.7 Å². The molecule has 2 fully saturated rings. The molecule has 13 nitrogen and oxygen atoms in total. The van der Waals surface area contributed by atoms with E-state index in [-0.39, 0.29) is 29.8 Å². The fraction of sp³-hybridized carbons (Fsp3) is 0.515. The van der Waals surface area contributed by atoms with Crippen molar-refractivity contribution in [3.8, 4) is 34.8 Å². The van der Waals surface area contributed by atoms with Crippen LogP contribution in [0.4, 0.5) is 13.2 Å². The van der Waals surface area contributed by atoms with Gasteiger partial charge in [-0.2, -0.15) is 18.4 Å². The van der Waals surface area contributed by atoms with E-state index in [1.54, 1.807) is 19.2 Å². The van der Waals surface area contributed by atoms with Crippen molar-refractivity contribution in [3.05, 3.63) is 39.4 Å². The smallest absolute Gasteiger partial charge is 0.471 e. The summed E-state index contributed by atoms with van der Waals surface area (Å²) in [4.78, 5) is 42.0. The number of phenols is 1. The van der Waals surface area contributed by atoms with Crippen LogP contribution in [0.1, 0.15) is 57.6 Å². The highest BCUT2D eigenvalue weighted by Gasteiger charge is 2.61. The molecule has 266 valence electrons. The number of carbonyl (C=O) groups excluding carboxylic acids is 3. The number of benzene rings is 2. The molecule has 7 atom stereocenters. The second-order valence-electron chi connectivity index (χ2n) is 12.9. The minimum absolute atomic E-state index is 0.0878. The number of nitriles is 1. The topological polar surface area (TPSA) is 160 Å². The number of esters is 2. The molecule has 2 aromatic rings. The van der Waals surface area contributed by atoms with Gasteiger partial charge < -0.3 is 34.1 Å². The van der Waals surface area contributed by atoms with Gasteiger partial charge in [-0.3, -0.25) is 19.4 Å². The fourth-order valence-corrected chi connectivity index (χ4v) is 9.81. The molecule has 2 unspecified atom stereocenters. The second kappa shape index (κ2) is 12.1. The Kier molecular flexibility index (Phi) is 8.27. The van der Waals surface area contributed by atoms with Crippen LogP contribution in [0.3, 0.4) is 0 Å². The molecule has 0 spiro atoms. The van der Waals surface area contributed by atoms with Gasteiger partial charge in [-0.1, -0.05) is 6.07 Å². The predicted molar refractivity (Wildman–Crippen MR) is 168 cm³/mol. The van der Waals surface area contributed by atoms with E-state index in [9.17, 15) is 37.9 Å². The van der Waals surface area contributed by atoms with E-state index in [0.717, 1.165) is 17.3 Å². The Morgan fingerprint density at radius 3 is 2.52 bits per heavy atom. The highest BCUT2D eigenvalue weighted by molar-refractivity contribution is 7.99. The third-order valence-corrected chi connectivity index (χ3v) is 11.6. The van der Waals surface area contributed by atoms with Gasteiger partial charge >= 0.3 is 24.0 Å². The van der Waals surface area contributed by atoms with Gasteiger partial charge in [0.1, 0.15) is 24.4 Å². The molecule has 4 bridgehead atoms. The Labute approximate surface area is 288 Å². The predicted octanol–water partition coefficient (Wildman–Crippen LogP) is 3.28. The standard InChI is InChI=1S/C33H33F3N4O9S/c1-12-6-15-7-17-18(8-37)40-19-9-46-31(43)16(38-32(44)33(34,35)36)10-50-30(24(40)23(39(17)4)20(15)25(42)26(12)45-5)22-21(19)29-28(47-11-48-29)13(2)27(22)49-14(3)41/h6,16-19,23-24,30,42H,7,9-11H2,1-5H3,(H,38,44)/t16?,17-,18-,19-,23+,24?,30+/m0/s1. The molecule has 5 heterocycles. The molecule has 2 N–H and O–H groups in total. The lowest BCUT2D eigenvalue weighted by molar-refractivity contribution is -0.176. The number of carbonyl (C=O) groups is 3. The number of nitrogens with one attached hydrogen (secondary N) is 1. The minimum Gasteiger partial charge on any atom is -0.504 e. The maximum atomic E-state index is 13.4. The van der Waals surface area contributed by atoms with Crippen LogP contribution in [0.25, 0.3) is 0 Å². The Morgan fingerprint density at radius 1 is 1.14 bits per heavy atom. The number of phenolic OH excluding ortho intramolecular Hbond substituents is 1. The molecular formula is C33H33F3N4O9S. The van der Waals surface area contributed by atoms with Crippen molar-refractivity contribution in [1.82, 2.24) is 15.1 Å². The first-order valence-electron chi connectivity index (χ1n) is 15.8. The number of cyclic esters (lactones) is 1. The van der Waals surface area contributed by atoms with E-state index in [1.807, 2.05) is 22.9 Å². The van der Waals surface area contributed by atoms with E-state index >= 15 is 0 Å². The van der Waals surface area contributed by atoms with Crippen molar-refractivity contribution in [1.29, 1.82) is 5.26 Å². The minimum atomic E-state index is -5.26. The largest absolute Gasteiger partial charge is 0.504 e. The average molecular weight is 719 g/mol. The van der Waals surface area contributed by atoms with Gasteiger partial charge in [0, 0.05) is 47.0 Å². The summed E-state index contributed by atoms with van der Waals surface area (Å²) in [7, 11) is 3.29. The quantitative estimate of drug-likeness (QED) is 0.352. The number of nitrogens with zero attached hydrogens (tertiary/aromatic N) is 3. The number of ether oxygens (including phenoxy) is 5. The SMILES string of the molecule is COc1c(C)cc2c(c1O)[C@@H]1C3[C@@H]4SCC(NC(=O)C(F)(F)F)C(=O)OC[C@@H](c5c6c(c(C)c(OC(C)=O)c54)OCO6)N3[C@@H](C#N)[C@H](C2)N1C. The van der Waals surface area contributed by atoms with Gasteiger partial charge in [0.25, 0.3) is 0 Å². The number of aryl methyl sites for hydroxylation is 1. The van der Waals surface area contributed by atoms with Crippen molar-refractivity contribution in [2.75, 3.05) is 33.3 Å². The van der Waals surface area contributed by atoms with Crippen molar-refractivity contribution < 1.29 is 56.3 Å². The Bertz CT molecular complexity index is 1870. The lowest BCUT2D eigenvalue weighted by atomic mass is 9.71. The number of rotatable bonds is 3. The Balaban J connectivity index is 1.51. The van der Waals surface area contributed by atoms with Gasteiger partial charge in [0.15, 0.2) is 23.0 Å². The van der Waals surface area contributed by atoms with Crippen LogP contribution in [0.2, 0.25) is 0 Å². The maximum absolute atomic E-state index is 13.4. The highest BCUT2D eigenvalue weighted by atomic mass is 32.2. The van der Waals surface area contributed by atoms with Crippen LogP contribution in [0.5, 0.6) is 28.7 Å². The number of aromatic hydroxyl groups is 1. The van der Waals surface area contributed by atoms with Crippen LogP contribution in [-0.4, -0.2) is 96.4 Å². The molecule has 5 aliphatic rings. The molecule has 0 aromatic heterocycles. The number of hydrogen-bond donors (Lipinski definition) is 2. The molecule has 0 radical (unpaired) electrons. The Morgan fingerprint density at radius 2 is 1.86 bits per heavy atom. The van der Waals surface area contributed by atoms with Gasteiger partial charge in [-0.15, -0.1) is 11.8 Å². The third kappa shape index (κ3) is 5.02. The van der Waals surface area contributed by atoms with Crippen molar-refractivity contribution in [2.45, 2.75) is 74.9 Å². The molecule has 50 heavy (non-hydrogen) atoms. The van der Waals surface area contributed by atoms with Crippen molar-refractivity contribution in [2.24, 2.45) is 0 Å². The molecule has 7 rings (SSSR count). The highest BCUT2D eigenvalue weighted by Crippen LogP contribution is 2.64. The van der Waals surface area contributed by atoms with Crippen molar-refractivity contribution in [3.63, 3.8) is 0 Å². The summed E-state index contributed by atoms with van der Waals surface area (Å²) in [5, 5.41) is 23.6. The molecule has 2 saturated heterocycles. The number of halogens is 3. The van der Waals surface area contributed by atoms with E-state index in [1.165, 1.54) is 14.0 Å². The molecule has 0 aliphatic carbocycles. The number of alkyl halides is 3. The summed E-state index contributed by atoms with van der Waals surface area (Å²) in [6.45, 7) is 4.09. The lowest BCUT2D eigenvalue weighted by Crippen LogP contribution is -2.69. The fourth-order valence-electron chi connectivity index (χ4n) is 8.31. The number of hydrogen-bond acceptors (Lipinski definition) is 13. The lowest BCUT2D eigenvalue weighted by Gasteiger charge is -2.61. The number of thioether (sulfide) groups is 1. The summed E-state index contributed by atoms with van der Waals surface area (Å²) in [6, 6.07) is -0.897. The molecule has 2 aromatic carbocycles. The summed E-state index contributed by atoms with van der Waals surface area (Å²) in [5.74, 6) is -3.50. The van der Waals surface area contributed by atoms with Crippen LogP contribution < -0.4 is 24.3 Å². The molecule has 5 aliphatic heterocycles. The summed E-state index contributed by atoms with van der Waals surface area (Å²) in [6.07, 6.45) is -4.88. The molecule has 17 heteroatoms. The maximum Gasteiger partial charge on any atom is 0.471 e. The van der Waals surface area contributed by atoms with Crippen LogP contribution in [0.15, 0.2) is 6.07 Å².